The molecule has 1 aromatic heterocycles. The van der Waals surface area contributed by atoms with Crippen LogP contribution < -0.4 is 0 Å². The van der Waals surface area contributed by atoms with E-state index in [0.29, 0.717) is 17.3 Å². The molecule has 0 spiro atoms. The first kappa shape index (κ1) is 17.3. The second-order valence-electron chi connectivity index (χ2n) is 6.27. The van der Waals surface area contributed by atoms with Crippen molar-refractivity contribution in [2.75, 3.05) is 0 Å². The van der Waals surface area contributed by atoms with E-state index in [2.05, 4.69) is 5.16 Å². The molecule has 0 saturated carbocycles. The molecule has 5 heteroatoms. The van der Waals surface area contributed by atoms with Crippen LogP contribution in [0, 0.1) is 5.82 Å². The molecule has 134 valence electrons. The average Bonchev–Trinajstić information content (AvgIpc) is 3.02. The smallest absolute Gasteiger partial charge is 0.123 e. The Morgan fingerprint density at radius 3 is 2.44 bits per heavy atom. The maximum Gasteiger partial charge on any atom is 0.123 e. The monoisotopic (exact) mass is 378 g/mol. The molecule has 0 aliphatic rings. The third-order valence-electron chi connectivity index (χ3n) is 4.51. The summed E-state index contributed by atoms with van der Waals surface area (Å²) in [5.41, 5.74) is 3.98. The lowest BCUT2D eigenvalue weighted by Gasteiger charge is -2.05. The number of oxime groups is 1. The van der Waals surface area contributed by atoms with Crippen molar-refractivity contribution in [1.82, 2.24) is 4.57 Å². The highest BCUT2D eigenvalue weighted by Crippen LogP contribution is 2.28. The van der Waals surface area contributed by atoms with Gasteiger partial charge in [0.25, 0.3) is 0 Å². The van der Waals surface area contributed by atoms with Gasteiger partial charge < -0.3 is 9.77 Å². The summed E-state index contributed by atoms with van der Waals surface area (Å²) in [6.07, 6.45) is 1.94. The number of hydrogen-bond acceptors (Lipinski definition) is 2. The summed E-state index contributed by atoms with van der Waals surface area (Å²) in [6.45, 7) is 0.561. The van der Waals surface area contributed by atoms with E-state index in [4.69, 9.17) is 11.6 Å². The van der Waals surface area contributed by atoms with E-state index in [0.717, 1.165) is 27.6 Å². The highest BCUT2D eigenvalue weighted by molar-refractivity contribution is 6.32. The molecule has 1 heterocycles. The lowest BCUT2D eigenvalue weighted by Crippen LogP contribution is -2.03. The Morgan fingerprint density at radius 1 is 1.00 bits per heavy atom. The minimum atomic E-state index is -0.262. The molecule has 0 amide bonds. The van der Waals surface area contributed by atoms with Gasteiger partial charge in [0.1, 0.15) is 11.5 Å². The van der Waals surface area contributed by atoms with Crippen LogP contribution in [-0.2, 0) is 6.54 Å². The van der Waals surface area contributed by atoms with E-state index >= 15 is 0 Å². The highest BCUT2D eigenvalue weighted by atomic mass is 35.5. The lowest BCUT2D eigenvalue weighted by molar-refractivity contribution is 0.319. The average molecular weight is 379 g/mol. The van der Waals surface area contributed by atoms with Crippen molar-refractivity contribution in [2.24, 2.45) is 5.16 Å². The number of nitrogens with zero attached hydrogens (tertiary/aromatic N) is 2. The fraction of sp³-hybridized carbons (Fsp3) is 0.0455. The summed E-state index contributed by atoms with van der Waals surface area (Å²) >= 11 is 6.22. The predicted octanol–water partition coefficient (Wildman–Crippen LogP) is 5.71. The highest BCUT2D eigenvalue weighted by Gasteiger charge is 2.16. The van der Waals surface area contributed by atoms with Gasteiger partial charge in [-0.25, -0.2) is 4.39 Å². The van der Waals surface area contributed by atoms with Crippen molar-refractivity contribution in [3.05, 3.63) is 107 Å². The van der Waals surface area contributed by atoms with Crippen LogP contribution >= 0.6 is 11.6 Å². The van der Waals surface area contributed by atoms with Crippen LogP contribution in [0.1, 0.15) is 16.7 Å². The van der Waals surface area contributed by atoms with Crippen LogP contribution in [0.5, 0.6) is 0 Å². The summed E-state index contributed by atoms with van der Waals surface area (Å²) in [7, 11) is 0. The lowest BCUT2D eigenvalue weighted by atomic mass is 10.0. The van der Waals surface area contributed by atoms with Gasteiger partial charge in [0.2, 0.25) is 0 Å². The molecule has 1 N–H and O–H groups in total. The van der Waals surface area contributed by atoms with Crippen molar-refractivity contribution in [3.8, 4) is 0 Å². The first-order chi connectivity index (χ1) is 13.2. The maximum atomic E-state index is 13.2. The van der Waals surface area contributed by atoms with Crippen molar-refractivity contribution in [2.45, 2.75) is 6.54 Å². The van der Waals surface area contributed by atoms with Gasteiger partial charge in [0.05, 0.1) is 0 Å². The standard InChI is InChI=1S/C22H16ClFN2O/c23-17-8-11-21-19(12-17)20(22(25-27)16-4-2-1-3-5-16)14-26(21)13-15-6-9-18(24)10-7-15/h1-12,14,27H,13H2/b25-22+. The number of rotatable bonds is 4. The number of halogens is 2. The molecule has 0 unspecified atom stereocenters. The summed E-state index contributed by atoms with van der Waals surface area (Å²) in [4.78, 5) is 0. The van der Waals surface area contributed by atoms with Gasteiger partial charge in [-0.15, -0.1) is 0 Å². The van der Waals surface area contributed by atoms with Crippen LogP contribution in [0.4, 0.5) is 4.39 Å². The number of aromatic nitrogens is 1. The van der Waals surface area contributed by atoms with E-state index in [9.17, 15) is 9.60 Å². The Morgan fingerprint density at radius 2 is 1.74 bits per heavy atom. The van der Waals surface area contributed by atoms with Gasteiger partial charge in [0.15, 0.2) is 0 Å². The van der Waals surface area contributed by atoms with Crippen molar-refractivity contribution in [3.63, 3.8) is 0 Å². The second kappa shape index (κ2) is 7.25. The maximum absolute atomic E-state index is 13.2. The van der Waals surface area contributed by atoms with E-state index < -0.39 is 0 Å². The molecule has 0 aliphatic heterocycles. The first-order valence-electron chi connectivity index (χ1n) is 8.46. The molecule has 4 aromatic rings. The minimum Gasteiger partial charge on any atom is -0.410 e. The molecule has 0 atom stereocenters. The summed E-state index contributed by atoms with van der Waals surface area (Å²) in [5.74, 6) is -0.262. The third-order valence-corrected chi connectivity index (χ3v) is 4.75. The molecular weight excluding hydrogens is 363 g/mol. The van der Waals surface area contributed by atoms with Gasteiger partial charge in [0, 0.05) is 39.8 Å². The fourth-order valence-electron chi connectivity index (χ4n) is 3.24. The van der Waals surface area contributed by atoms with Crippen molar-refractivity contribution >= 4 is 28.2 Å². The number of hydrogen-bond donors (Lipinski definition) is 1. The van der Waals surface area contributed by atoms with Gasteiger partial charge in [-0.3, -0.25) is 0 Å². The number of fused-ring (bicyclic) bond motifs is 1. The molecule has 3 aromatic carbocycles. The van der Waals surface area contributed by atoms with Gasteiger partial charge in [-0.1, -0.05) is 59.2 Å². The Balaban J connectivity index is 1.86. The molecule has 27 heavy (non-hydrogen) atoms. The van der Waals surface area contributed by atoms with Crippen LogP contribution in [0.25, 0.3) is 10.9 Å². The first-order valence-corrected chi connectivity index (χ1v) is 8.84. The molecule has 0 bridgehead atoms. The fourth-order valence-corrected chi connectivity index (χ4v) is 3.41. The molecular formula is C22H16ClFN2O. The molecule has 0 saturated heterocycles. The Kier molecular flexibility index (Phi) is 4.65. The van der Waals surface area contributed by atoms with Crippen LogP contribution in [0.3, 0.4) is 0 Å². The zero-order valence-electron chi connectivity index (χ0n) is 14.3. The number of benzene rings is 3. The third kappa shape index (κ3) is 3.44. The van der Waals surface area contributed by atoms with Crippen LogP contribution in [0.2, 0.25) is 5.02 Å². The Bertz CT molecular complexity index is 1120. The topological polar surface area (TPSA) is 37.5 Å². The summed E-state index contributed by atoms with van der Waals surface area (Å²) in [6, 6.07) is 21.5. The Hall–Kier alpha value is -3.11. The molecule has 0 aliphatic carbocycles. The van der Waals surface area contributed by atoms with Crippen LogP contribution in [-0.4, -0.2) is 15.5 Å². The zero-order chi connectivity index (χ0) is 18.8. The Labute approximate surface area is 160 Å². The van der Waals surface area contributed by atoms with Crippen LogP contribution in [0.15, 0.2) is 84.1 Å². The van der Waals surface area contributed by atoms with E-state index in [-0.39, 0.29) is 5.82 Å². The van der Waals surface area contributed by atoms with E-state index in [1.54, 1.807) is 12.1 Å². The van der Waals surface area contributed by atoms with Gasteiger partial charge in [-0.2, -0.15) is 0 Å². The molecule has 4 rings (SSSR count). The van der Waals surface area contributed by atoms with Gasteiger partial charge in [-0.05, 0) is 35.9 Å². The summed E-state index contributed by atoms with van der Waals surface area (Å²) in [5, 5.41) is 14.7. The summed E-state index contributed by atoms with van der Waals surface area (Å²) < 4.78 is 15.2. The van der Waals surface area contributed by atoms with E-state index in [1.165, 1.54) is 12.1 Å². The molecule has 3 nitrogen and oxygen atoms in total. The normalized spacial score (nSPS) is 11.9. The SMILES string of the molecule is O/N=C(\c1ccccc1)c1cn(Cc2ccc(F)cc2)c2ccc(Cl)cc12. The molecule has 0 radical (unpaired) electrons. The minimum absolute atomic E-state index is 0.262. The predicted molar refractivity (Wildman–Crippen MR) is 106 cm³/mol. The second-order valence-corrected chi connectivity index (χ2v) is 6.71. The van der Waals surface area contributed by atoms with Crippen molar-refractivity contribution < 1.29 is 9.60 Å². The zero-order valence-corrected chi connectivity index (χ0v) is 15.1. The van der Waals surface area contributed by atoms with Crippen molar-refractivity contribution in [1.29, 1.82) is 0 Å². The molecule has 0 fully saturated rings. The van der Waals surface area contributed by atoms with Gasteiger partial charge >= 0.3 is 0 Å². The quantitative estimate of drug-likeness (QED) is 0.276. The largest absolute Gasteiger partial charge is 0.410 e. The van der Waals surface area contributed by atoms with E-state index in [1.807, 2.05) is 59.3 Å².